The summed E-state index contributed by atoms with van der Waals surface area (Å²) in [5, 5.41) is 0. The smallest absolute Gasteiger partial charge is 0.106 e. The molecule has 0 aromatic carbocycles. The molecule has 4 unspecified atom stereocenters. The third-order valence-corrected chi connectivity index (χ3v) is 6.05. The molecule has 2 aliphatic heterocycles. The van der Waals surface area contributed by atoms with Crippen molar-refractivity contribution in [2.45, 2.75) is 30.1 Å². The largest absolute Gasteiger partial charge is 0.366 e. The Morgan fingerprint density at radius 2 is 1.33 bits per heavy atom. The lowest BCUT2D eigenvalue weighted by Crippen LogP contribution is -2.28. The van der Waals surface area contributed by atoms with E-state index >= 15 is 0 Å². The van der Waals surface area contributed by atoms with Crippen LogP contribution in [0.1, 0.15) is 19.3 Å². The molecule has 0 aromatic heterocycles. The van der Waals surface area contributed by atoms with Gasteiger partial charge < -0.3 is 9.47 Å². The standard InChI is InChI=1S/C11H18O2S2/c1-2-8(10-12-4-6-14-10)9(3-1)11-13-5-7-15-11/h8-11H,1-7H2. The van der Waals surface area contributed by atoms with E-state index in [2.05, 4.69) is 0 Å². The van der Waals surface area contributed by atoms with Crippen LogP contribution in [0, 0.1) is 11.8 Å². The van der Waals surface area contributed by atoms with Crippen LogP contribution in [-0.4, -0.2) is 35.6 Å². The van der Waals surface area contributed by atoms with Gasteiger partial charge in [-0.15, -0.1) is 23.5 Å². The quantitative estimate of drug-likeness (QED) is 0.745. The minimum Gasteiger partial charge on any atom is -0.366 e. The highest BCUT2D eigenvalue weighted by Crippen LogP contribution is 2.46. The van der Waals surface area contributed by atoms with Gasteiger partial charge in [-0.25, -0.2) is 0 Å². The fourth-order valence-electron chi connectivity index (χ4n) is 2.94. The average Bonchev–Trinajstić information content (AvgIpc) is 3.01. The van der Waals surface area contributed by atoms with Crippen LogP contribution >= 0.6 is 23.5 Å². The van der Waals surface area contributed by atoms with E-state index in [-0.39, 0.29) is 0 Å². The van der Waals surface area contributed by atoms with Crippen molar-refractivity contribution in [3.05, 3.63) is 0 Å². The Hall–Kier alpha value is 0.620. The molecule has 0 bridgehead atoms. The van der Waals surface area contributed by atoms with E-state index in [1.807, 2.05) is 23.5 Å². The molecule has 0 amide bonds. The third kappa shape index (κ3) is 2.19. The monoisotopic (exact) mass is 246 g/mol. The average molecular weight is 246 g/mol. The maximum absolute atomic E-state index is 5.82. The second-order valence-electron chi connectivity index (χ2n) is 4.48. The van der Waals surface area contributed by atoms with Crippen molar-refractivity contribution in [3.63, 3.8) is 0 Å². The summed E-state index contributed by atoms with van der Waals surface area (Å²) in [5.74, 6) is 3.89. The number of thioether (sulfide) groups is 2. The molecule has 0 spiro atoms. The van der Waals surface area contributed by atoms with Gasteiger partial charge >= 0.3 is 0 Å². The van der Waals surface area contributed by atoms with Crippen molar-refractivity contribution in [1.82, 2.24) is 0 Å². The van der Waals surface area contributed by atoms with Crippen molar-refractivity contribution >= 4 is 23.5 Å². The Balaban J connectivity index is 1.65. The van der Waals surface area contributed by atoms with Gasteiger partial charge in [-0.2, -0.15) is 0 Å². The van der Waals surface area contributed by atoms with Crippen LogP contribution in [-0.2, 0) is 9.47 Å². The first-order chi connectivity index (χ1) is 7.45. The van der Waals surface area contributed by atoms with E-state index in [0.29, 0.717) is 10.9 Å². The summed E-state index contributed by atoms with van der Waals surface area (Å²) >= 11 is 4.03. The van der Waals surface area contributed by atoms with E-state index in [1.165, 1.54) is 30.8 Å². The van der Waals surface area contributed by atoms with Crippen LogP contribution in [0.25, 0.3) is 0 Å². The van der Waals surface area contributed by atoms with Crippen LogP contribution in [0.2, 0.25) is 0 Å². The first kappa shape index (κ1) is 10.8. The summed E-state index contributed by atoms with van der Waals surface area (Å²) in [6.07, 6.45) is 4.07. The first-order valence-corrected chi connectivity index (χ1v) is 8.01. The fourth-order valence-corrected chi connectivity index (χ4v) is 5.35. The van der Waals surface area contributed by atoms with Crippen LogP contribution in [0.5, 0.6) is 0 Å². The highest BCUT2D eigenvalue weighted by Gasteiger charge is 2.42. The van der Waals surface area contributed by atoms with Gasteiger partial charge in [0.15, 0.2) is 0 Å². The molecule has 2 saturated heterocycles. The first-order valence-electron chi connectivity index (χ1n) is 5.91. The van der Waals surface area contributed by atoms with Crippen molar-refractivity contribution in [3.8, 4) is 0 Å². The minimum atomic E-state index is 0.474. The molecule has 1 saturated carbocycles. The van der Waals surface area contributed by atoms with Gasteiger partial charge in [-0.1, -0.05) is 6.42 Å². The second-order valence-corrected chi connectivity index (χ2v) is 6.89. The second kappa shape index (κ2) is 4.86. The predicted octanol–water partition coefficient (Wildman–Crippen LogP) is 2.58. The van der Waals surface area contributed by atoms with E-state index in [4.69, 9.17) is 9.47 Å². The van der Waals surface area contributed by atoms with Gasteiger partial charge in [-0.3, -0.25) is 0 Å². The van der Waals surface area contributed by atoms with Crippen molar-refractivity contribution < 1.29 is 9.47 Å². The Morgan fingerprint density at radius 1 is 0.800 bits per heavy atom. The van der Waals surface area contributed by atoms with Gasteiger partial charge in [0.25, 0.3) is 0 Å². The SMILES string of the molecule is C1CC(C2OCCS2)C(C2OCCS2)C1. The minimum absolute atomic E-state index is 0.474. The molecule has 0 radical (unpaired) electrons. The van der Waals surface area contributed by atoms with E-state index in [0.717, 1.165) is 25.0 Å². The Morgan fingerprint density at radius 3 is 1.73 bits per heavy atom. The molecule has 3 fully saturated rings. The van der Waals surface area contributed by atoms with E-state index < -0.39 is 0 Å². The number of rotatable bonds is 2. The summed E-state index contributed by atoms with van der Waals surface area (Å²) < 4.78 is 11.6. The molecule has 4 heteroatoms. The molecule has 4 atom stereocenters. The molecule has 86 valence electrons. The zero-order valence-electron chi connectivity index (χ0n) is 8.89. The fraction of sp³-hybridized carbons (Fsp3) is 1.00. The molecular weight excluding hydrogens is 228 g/mol. The number of hydrogen-bond acceptors (Lipinski definition) is 4. The lowest BCUT2D eigenvalue weighted by molar-refractivity contribution is 0.0374. The highest BCUT2D eigenvalue weighted by molar-refractivity contribution is 8.00. The summed E-state index contributed by atoms with van der Waals surface area (Å²) in [6.45, 7) is 1.91. The molecular formula is C11H18O2S2. The lowest BCUT2D eigenvalue weighted by Gasteiger charge is -2.27. The molecule has 3 rings (SSSR count). The summed E-state index contributed by atoms with van der Waals surface area (Å²) in [5.41, 5.74) is 0.949. The summed E-state index contributed by atoms with van der Waals surface area (Å²) in [6, 6.07) is 0. The van der Waals surface area contributed by atoms with Gasteiger partial charge in [0, 0.05) is 23.3 Å². The Kier molecular flexibility index (Phi) is 3.49. The molecule has 0 N–H and O–H groups in total. The predicted molar refractivity (Wildman–Crippen MR) is 65.2 cm³/mol. The molecule has 0 aromatic rings. The summed E-state index contributed by atoms with van der Waals surface area (Å²) in [7, 11) is 0. The molecule has 3 aliphatic rings. The molecule has 2 heterocycles. The zero-order chi connectivity index (χ0) is 10.1. The van der Waals surface area contributed by atoms with E-state index in [9.17, 15) is 0 Å². The zero-order valence-corrected chi connectivity index (χ0v) is 10.5. The summed E-state index contributed by atoms with van der Waals surface area (Å²) in [4.78, 5) is 0. The van der Waals surface area contributed by atoms with Crippen LogP contribution in [0.15, 0.2) is 0 Å². The number of ether oxygens (including phenoxy) is 2. The van der Waals surface area contributed by atoms with Crippen molar-refractivity contribution in [2.24, 2.45) is 11.8 Å². The van der Waals surface area contributed by atoms with Crippen LogP contribution < -0.4 is 0 Å². The highest BCUT2D eigenvalue weighted by atomic mass is 32.2. The Labute approximate surface area is 99.8 Å². The van der Waals surface area contributed by atoms with Crippen molar-refractivity contribution in [2.75, 3.05) is 24.7 Å². The van der Waals surface area contributed by atoms with Crippen molar-refractivity contribution in [1.29, 1.82) is 0 Å². The van der Waals surface area contributed by atoms with Gasteiger partial charge in [0.2, 0.25) is 0 Å². The van der Waals surface area contributed by atoms with Gasteiger partial charge in [-0.05, 0) is 12.8 Å². The van der Waals surface area contributed by atoms with Crippen LogP contribution in [0.3, 0.4) is 0 Å². The normalized spacial score (nSPS) is 46.4. The lowest BCUT2D eigenvalue weighted by atomic mass is 9.97. The molecule has 1 aliphatic carbocycles. The third-order valence-electron chi connectivity index (χ3n) is 3.62. The number of hydrogen-bond donors (Lipinski definition) is 0. The van der Waals surface area contributed by atoms with E-state index in [1.54, 1.807) is 0 Å². The van der Waals surface area contributed by atoms with Gasteiger partial charge in [0.05, 0.1) is 13.2 Å². The molecule has 2 nitrogen and oxygen atoms in total. The topological polar surface area (TPSA) is 18.5 Å². The van der Waals surface area contributed by atoms with Gasteiger partial charge in [0.1, 0.15) is 10.9 Å². The van der Waals surface area contributed by atoms with Crippen LogP contribution in [0.4, 0.5) is 0 Å². The Bertz CT molecular complexity index is 191. The maximum Gasteiger partial charge on any atom is 0.106 e. The maximum atomic E-state index is 5.82. The molecule has 15 heavy (non-hydrogen) atoms.